The lowest BCUT2D eigenvalue weighted by Crippen LogP contribution is -2.25. The molecule has 0 aliphatic heterocycles. The zero-order chi connectivity index (χ0) is 15.4. The minimum atomic E-state index is -0.508. The van der Waals surface area contributed by atoms with Gasteiger partial charge in [0.15, 0.2) is 0 Å². The molecule has 114 valence electrons. The molecule has 5 heteroatoms. The Morgan fingerprint density at radius 1 is 1.29 bits per heavy atom. The summed E-state index contributed by atoms with van der Waals surface area (Å²) in [4.78, 5) is 0. The maximum Gasteiger partial charge on any atom is 0.130 e. The second kappa shape index (κ2) is 6.80. The average Bonchev–Trinajstić information content (AvgIpc) is 2.84. The number of hydrogen-bond acceptors (Lipinski definition) is 2. The first kappa shape index (κ1) is 15.6. The number of aryl methyl sites for hydroxylation is 2. The van der Waals surface area contributed by atoms with Crippen LogP contribution in [0.5, 0.6) is 0 Å². The zero-order valence-corrected chi connectivity index (χ0v) is 12.7. The molecule has 0 saturated carbocycles. The van der Waals surface area contributed by atoms with Crippen LogP contribution < -0.4 is 5.32 Å². The molecule has 1 N–H and O–H groups in total. The lowest BCUT2D eigenvalue weighted by molar-refractivity contribution is 0.489. The van der Waals surface area contributed by atoms with E-state index in [0.29, 0.717) is 17.5 Å². The summed E-state index contributed by atoms with van der Waals surface area (Å²) in [6.07, 6.45) is 5.25. The van der Waals surface area contributed by atoms with Crippen molar-refractivity contribution in [2.24, 2.45) is 7.05 Å². The highest BCUT2D eigenvalue weighted by atomic mass is 19.1. The molecule has 1 unspecified atom stereocenters. The number of benzene rings is 1. The Kier molecular flexibility index (Phi) is 5.07. The minimum absolute atomic E-state index is 0.187. The minimum Gasteiger partial charge on any atom is -0.310 e. The van der Waals surface area contributed by atoms with Gasteiger partial charge >= 0.3 is 0 Å². The highest BCUT2D eigenvalue weighted by molar-refractivity contribution is 5.29. The van der Waals surface area contributed by atoms with E-state index in [9.17, 15) is 8.78 Å². The molecule has 21 heavy (non-hydrogen) atoms. The van der Waals surface area contributed by atoms with E-state index in [0.717, 1.165) is 24.6 Å². The van der Waals surface area contributed by atoms with Gasteiger partial charge < -0.3 is 5.32 Å². The predicted molar refractivity (Wildman–Crippen MR) is 79.0 cm³/mol. The standard InChI is InChI=1S/C16H21F2N3/c1-4-5-19-16(7-12-9-20-21(3)10-12)13-6-11(2)14(17)8-15(13)18/h6,8-10,16,19H,4-5,7H2,1-3H3. The van der Waals surface area contributed by atoms with Crippen LogP contribution in [0.1, 0.15) is 36.1 Å². The van der Waals surface area contributed by atoms with Gasteiger partial charge in [-0.3, -0.25) is 4.68 Å². The van der Waals surface area contributed by atoms with Gasteiger partial charge in [-0.2, -0.15) is 5.10 Å². The topological polar surface area (TPSA) is 29.9 Å². The van der Waals surface area contributed by atoms with Crippen LogP contribution in [0.3, 0.4) is 0 Å². The van der Waals surface area contributed by atoms with Gasteiger partial charge in [0.25, 0.3) is 0 Å². The van der Waals surface area contributed by atoms with Gasteiger partial charge in [0.2, 0.25) is 0 Å². The quantitative estimate of drug-likeness (QED) is 0.885. The highest BCUT2D eigenvalue weighted by Gasteiger charge is 2.18. The third kappa shape index (κ3) is 3.88. The first-order valence-corrected chi connectivity index (χ1v) is 7.17. The van der Waals surface area contributed by atoms with Gasteiger partial charge in [-0.15, -0.1) is 0 Å². The first-order valence-electron chi connectivity index (χ1n) is 7.17. The summed E-state index contributed by atoms with van der Waals surface area (Å²) in [6, 6.07) is 2.37. The number of halogens is 2. The SMILES string of the molecule is CCCNC(Cc1cnn(C)c1)c1cc(C)c(F)cc1F. The molecule has 0 fully saturated rings. The molecular formula is C16H21F2N3. The molecule has 1 aromatic carbocycles. The Morgan fingerprint density at radius 3 is 2.67 bits per heavy atom. The van der Waals surface area contributed by atoms with E-state index in [1.807, 2.05) is 13.2 Å². The predicted octanol–water partition coefficient (Wildman–Crippen LogP) is 3.29. The van der Waals surface area contributed by atoms with Crippen LogP contribution in [0.25, 0.3) is 0 Å². The molecule has 0 bridgehead atoms. The van der Waals surface area contributed by atoms with E-state index in [2.05, 4.69) is 17.3 Å². The molecule has 0 aliphatic carbocycles. The highest BCUT2D eigenvalue weighted by Crippen LogP contribution is 2.24. The smallest absolute Gasteiger partial charge is 0.130 e. The van der Waals surface area contributed by atoms with Crippen molar-refractivity contribution in [1.29, 1.82) is 0 Å². The van der Waals surface area contributed by atoms with Crippen LogP contribution in [-0.4, -0.2) is 16.3 Å². The van der Waals surface area contributed by atoms with Gasteiger partial charge in [-0.25, -0.2) is 8.78 Å². The Morgan fingerprint density at radius 2 is 2.05 bits per heavy atom. The van der Waals surface area contributed by atoms with E-state index in [1.54, 1.807) is 23.9 Å². The Labute approximate surface area is 124 Å². The lowest BCUT2D eigenvalue weighted by Gasteiger charge is -2.20. The van der Waals surface area contributed by atoms with Gasteiger partial charge in [0, 0.05) is 30.9 Å². The van der Waals surface area contributed by atoms with Gasteiger partial charge in [-0.1, -0.05) is 6.92 Å². The van der Waals surface area contributed by atoms with Crippen LogP contribution in [-0.2, 0) is 13.5 Å². The van der Waals surface area contributed by atoms with Crippen LogP contribution in [0.15, 0.2) is 24.5 Å². The van der Waals surface area contributed by atoms with Gasteiger partial charge in [-0.05, 0) is 43.5 Å². The fourth-order valence-corrected chi connectivity index (χ4v) is 2.37. The Balaban J connectivity index is 2.28. The molecule has 3 nitrogen and oxygen atoms in total. The van der Waals surface area contributed by atoms with Crippen molar-refractivity contribution in [2.75, 3.05) is 6.54 Å². The molecule has 0 radical (unpaired) electrons. The summed E-state index contributed by atoms with van der Waals surface area (Å²) >= 11 is 0. The fraction of sp³-hybridized carbons (Fsp3) is 0.438. The van der Waals surface area contributed by atoms with E-state index >= 15 is 0 Å². The van der Waals surface area contributed by atoms with Crippen molar-refractivity contribution in [3.63, 3.8) is 0 Å². The molecule has 0 aliphatic rings. The number of nitrogens with zero attached hydrogens (tertiary/aromatic N) is 2. The molecule has 0 spiro atoms. The molecule has 0 saturated heterocycles. The van der Waals surface area contributed by atoms with Crippen molar-refractivity contribution < 1.29 is 8.78 Å². The fourth-order valence-electron chi connectivity index (χ4n) is 2.37. The molecule has 1 heterocycles. The summed E-state index contributed by atoms with van der Waals surface area (Å²) in [5.41, 5.74) is 1.99. The summed E-state index contributed by atoms with van der Waals surface area (Å²) in [5, 5.41) is 7.46. The lowest BCUT2D eigenvalue weighted by atomic mass is 9.98. The number of aromatic nitrogens is 2. The summed E-state index contributed by atoms with van der Waals surface area (Å²) < 4.78 is 29.3. The molecule has 0 amide bonds. The van der Waals surface area contributed by atoms with E-state index in [1.165, 1.54) is 0 Å². The molecule has 1 atom stereocenters. The van der Waals surface area contributed by atoms with Crippen LogP contribution in [0, 0.1) is 18.6 Å². The molecular weight excluding hydrogens is 272 g/mol. The summed E-state index contributed by atoms with van der Waals surface area (Å²) in [5.74, 6) is -1.01. The Hall–Kier alpha value is -1.75. The van der Waals surface area contributed by atoms with Crippen molar-refractivity contribution >= 4 is 0 Å². The largest absolute Gasteiger partial charge is 0.310 e. The zero-order valence-electron chi connectivity index (χ0n) is 12.7. The van der Waals surface area contributed by atoms with Crippen molar-refractivity contribution in [1.82, 2.24) is 15.1 Å². The van der Waals surface area contributed by atoms with Crippen molar-refractivity contribution in [3.8, 4) is 0 Å². The second-order valence-corrected chi connectivity index (χ2v) is 5.36. The van der Waals surface area contributed by atoms with Crippen LogP contribution in [0.2, 0.25) is 0 Å². The third-order valence-corrected chi connectivity index (χ3v) is 3.49. The monoisotopic (exact) mass is 293 g/mol. The average molecular weight is 293 g/mol. The normalized spacial score (nSPS) is 12.6. The van der Waals surface area contributed by atoms with E-state index in [-0.39, 0.29) is 6.04 Å². The number of hydrogen-bond donors (Lipinski definition) is 1. The molecule has 1 aromatic heterocycles. The third-order valence-electron chi connectivity index (χ3n) is 3.49. The second-order valence-electron chi connectivity index (χ2n) is 5.36. The van der Waals surface area contributed by atoms with Crippen LogP contribution >= 0.6 is 0 Å². The van der Waals surface area contributed by atoms with Crippen LogP contribution in [0.4, 0.5) is 8.78 Å². The van der Waals surface area contributed by atoms with Crippen molar-refractivity contribution in [2.45, 2.75) is 32.7 Å². The molecule has 2 aromatic rings. The number of rotatable bonds is 6. The van der Waals surface area contributed by atoms with Gasteiger partial charge in [0.1, 0.15) is 11.6 Å². The van der Waals surface area contributed by atoms with Gasteiger partial charge in [0.05, 0.1) is 6.20 Å². The van der Waals surface area contributed by atoms with Crippen molar-refractivity contribution in [3.05, 3.63) is 52.9 Å². The van der Waals surface area contributed by atoms with E-state index in [4.69, 9.17) is 0 Å². The first-order chi connectivity index (χ1) is 10.0. The summed E-state index contributed by atoms with van der Waals surface area (Å²) in [7, 11) is 1.85. The van der Waals surface area contributed by atoms with E-state index < -0.39 is 11.6 Å². The Bertz CT molecular complexity index is 608. The maximum atomic E-state index is 14.1. The number of nitrogens with one attached hydrogen (secondary N) is 1. The maximum absolute atomic E-state index is 14.1. The molecule has 2 rings (SSSR count). The summed E-state index contributed by atoms with van der Waals surface area (Å²) in [6.45, 7) is 4.49.